The monoisotopic (exact) mass is 191 g/mol. The van der Waals surface area contributed by atoms with Gasteiger partial charge in [0.15, 0.2) is 0 Å². The minimum atomic E-state index is -0.133. The SMILES string of the molecule is Cc1cc2c(cc1F)C=C(C(C)N)C2. The molecule has 0 aromatic heterocycles. The van der Waals surface area contributed by atoms with Crippen LogP contribution in [0.3, 0.4) is 0 Å². The lowest BCUT2D eigenvalue weighted by atomic mass is 10.0. The van der Waals surface area contributed by atoms with Gasteiger partial charge in [-0.3, -0.25) is 0 Å². The fourth-order valence-electron chi connectivity index (χ4n) is 1.81. The highest BCUT2D eigenvalue weighted by atomic mass is 19.1. The molecule has 1 unspecified atom stereocenters. The van der Waals surface area contributed by atoms with Gasteiger partial charge in [0.05, 0.1) is 0 Å². The molecule has 0 radical (unpaired) electrons. The molecule has 0 bridgehead atoms. The molecule has 1 nitrogen and oxygen atoms in total. The first-order valence-electron chi connectivity index (χ1n) is 4.83. The molecule has 2 N–H and O–H groups in total. The Morgan fingerprint density at radius 1 is 1.43 bits per heavy atom. The van der Waals surface area contributed by atoms with Crippen molar-refractivity contribution in [2.24, 2.45) is 5.73 Å². The molecule has 0 heterocycles. The lowest BCUT2D eigenvalue weighted by Crippen LogP contribution is -2.17. The molecule has 74 valence electrons. The first-order valence-corrected chi connectivity index (χ1v) is 4.83. The summed E-state index contributed by atoms with van der Waals surface area (Å²) in [5.74, 6) is -0.133. The van der Waals surface area contributed by atoms with Gasteiger partial charge in [-0.05, 0) is 48.6 Å². The zero-order chi connectivity index (χ0) is 10.3. The first-order chi connectivity index (χ1) is 6.58. The quantitative estimate of drug-likeness (QED) is 0.724. The largest absolute Gasteiger partial charge is 0.324 e. The van der Waals surface area contributed by atoms with Crippen molar-refractivity contribution in [3.8, 4) is 0 Å². The van der Waals surface area contributed by atoms with Crippen molar-refractivity contribution >= 4 is 6.08 Å². The third kappa shape index (κ3) is 1.46. The van der Waals surface area contributed by atoms with Gasteiger partial charge < -0.3 is 5.73 Å². The predicted octanol–water partition coefficient (Wildman–Crippen LogP) is 2.42. The number of rotatable bonds is 1. The summed E-state index contributed by atoms with van der Waals surface area (Å²) in [4.78, 5) is 0. The van der Waals surface area contributed by atoms with Crippen LogP contribution in [0, 0.1) is 12.7 Å². The van der Waals surface area contributed by atoms with Crippen molar-refractivity contribution in [1.29, 1.82) is 0 Å². The second kappa shape index (κ2) is 3.21. The molecule has 0 aliphatic heterocycles. The summed E-state index contributed by atoms with van der Waals surface area (Å²) in [5, 5.41) is 0. The van der Waals surface area contributed by atoms with Crippen LogP contribution >= 0.6 is 0 Å². The van der Waals surface area contributed by atoms with E-state index < -0.39 is 0 Å². The number of hydrogen-bond donors (Lipinski definition) is 1. The minimum Gasteiger partial charge on any atom is -0.324 e. The van der Waals surface area contributed by atoms with E-state index in [9.17, 15) is 4.39 Å². The van der Waals surface area contributed by atoms with Crippen LogP contribution in [0.5, 0.6) is 0 Å². The van der Waals surface area contributed by atoms with Gasteiger partial charge in [-0.1, -0.05) is 12.1 Å². The lowest BCUT2D eigenvalue weighted by molar-refractivity contribution is 0.617. The molecule has 2 rings (SSSR count). The van der Waals surface area contributed by atoms with Crippen LogP contribution < -0.4 is 5.73 Å². The van der Waals surface area contributed by atoms with Gasteiger partial charge >= 0.3 is 0 Å². The predicted molar refractivity (Wildman–Crippen MR) is 56.5 cm³/mol. The van der Waals surface area contributed by atoms with Crippen LogP contribution in [0.1, 0.15) is 23.6 Å². The van der Waals surface area contributed by atoms with E-state index in [0.717, 1.165) is 12.0 Å². The molecular formula is C12H14FN. The molecule has 0 saturated heterocycles. The number of aryl methyl sites for hydroxylation is 1. The fourth-order valence-corrected chi connectivity index (χ4v) is 1.81. The van der Waals surface area contributed by atoms with Crippen LogP contribution in [0.2, 0.25) is 0 Å². The summed E-state index contributed by atoms with van der Waals surface area (Å²) in [5.41, 5.74) is 9.86. The van der Waals surface area contributed by atoms with E-state index in [4.69, 9.17) is 5.73 Å². The number of hydrogen-bond acceptors (Lipinski definition) is 1. The van der Waals surface area contributed by atoms with Crippen molar-refractivity contribution in [2.75, 3.05) is 0 Å². The average Bonchev–Trinajstić information content (AvgIpc) is 2.48. The number of nitrogens with two attached hydrogens (primary N) is 1. The Labute approximate surface area is 83.4 Å². The van der Waals surface area contributed by atoms with Gasteiger partial charge in [0.25, 0.3) is 0 Å². The van der Waals surface area contributed by atoms with Gasteiger partial charge in [-0.2, -0.15) is 0 Å². The Morgan fingerprint density at radius 2 is 2.14 bits per heavy atom. The van der Waals surface area contributed by atoms with Gasteiger partial charge in [0, 0.05) is 6.04 Å². The molecule has 1 aromatic rings. The third-order valence-electron chi connectivity index (χ3n) is 2.74. The van der Waals surface area contributed by atoms with E-state index in [-0.39, 0.29) is 11.9 Å². The minimum absolute atomic E-state index is 0.0609. The third-order valence-corrected chi connectivity index (χ3v) is 2.74. The molecule has 0 saturated carbocycles. The molecule has 2 heteroatoms. The molecule has 14 heavy (non-hydrogen) atoms. The number of halogens is 1. The van der Waals surface area contributed by atoms with Crippen LogP contribution in [-0.2, 0) is 6.42 Å². The van der Waals surface area contributed by atoms with E-state index in [0.29, 0.717) is 5.56 Å². The Morgan fingerprint density at radius 3 is 2.79 bits per heavy atom. The summed E-state index contributed by atoms with van der Waals surface area (Å²) < 4.78 is 13.2. The normalized spacial score (nSPS) is 16.4. The molecule has 1 atom stereocenters. The first kappa shape index (κ1) is 9.41. The maximum absolute atomic E-state index is 13.2. The highest BCUT2D eigenvalue weighted by molar-refractivity contribution is 5.65. The van der Waals surface area contributed by atoms with E-state index in [1.165, 1.54) is 11.1 Å². The van der Waals surface area contributed by atoms with Gasteiger partial charge in [-0.15, -0.1) is 0 Å². The van der Waals surface area contributed by atoms with Crippen molar-refractivity contribution in [2.45, 2.75) is 26.3 Å². The van der Waals surface area contributed by atoms with E-state index in [1.807, 2.05) is 19.1 Å². The molecule has 1 aliphatic carbocycles. The molecule has 0 amide bonds. The zero-order valence-corrected chi connectivity index (χ0v) is 8.47. The Hall–Kier alpha value is -1.15. The Balaban J connectivity index is 2.42. The summed E-state index contributed by atoms with van der Waals surface area (Å²) in [6.45, 7) is 3.75. The average molecular weight is 191 g/mol. The number of benzene rings is 1. The van der Waals surface area contributed by atoms with Crippen LogP contribution in [0.25, 0.3) is 6.08 Å². The summed E-state index contributed by atoms with van der Waals surface area (Å²) in [6, 6.07) is 3.57. The second-order valence-corrected chi connectivity index (χ2v) is 3.98. The van der Waals surface area contributed by atoms with E-state index >= 15 is 0 Å². The standard InChI is InChI=1S/C12H14FN/c1-7-3-10-4-9(8(2)14)5-11(10)6-12(7)13/h3,5-6,8H,4,14H2,1-2H3. The smallest absolute Gasteiger partial charge is 0.126 e. The van der Waals surface area contributed by atoms with Crippen molar-refractivity contribution in [1.82, 2.24) is 0 Å². The summed E-state index contributed by atoms with van der Waals surface area (Å²) >= 11 is 0. The molecule has 1 aromatic carbocycles. The maximum atomic E-state index is 13.2. The molecule has 0 spiro atoms. The van der Waals surface area contributed by atoms with Gasteiger partial charge in [-0.25, -0.2) is 4.39 Å². The topological polar surface area (TPSA) is 26.0 Å². The molecule has 1 aliphatic rings. The van der Waals surface area contributed by atoms with Crippen LogP contribution in [-0.4, -0.2) is 6.04 Å². The second-order valence-electron chi connectivity index (χ2n) is 3.98. The molecule has 0 fully saturated rings. The summed E-state index contributed by atoms with van der Waals surface area (Å²) in [6.07, 6.45) is 2.87. The van der Waals surface area contributed by atoms with E-state index in [2.05, 4.69) is 0 Å². The number of fused-ring (bicyclic) bond motifs is 1. The highest BCUT2D eigenvalue weighted by Gasteiger charge is 2.16. The van der Waals surface area contributed by atoms with E-state index in [1.54, 1.807) is 13.0 Å². The van der Waals surface area contributed by atoms with Crippen molar-refractivity contribution < 1.29 is 4.39 Å². The van der Waals surface area contributed by atoms with Crippen molar-refractivity contribution in [3.63, 3.8) is 0 Å². The summed E-state index contributed by atoms with van der Waals surface area (Å²) in [7, 11) is 0. The lowest BCUT2D eigenvalue weighted by Gasteiger charge is -2.05. The molecular weight excluding hydrogens is 177 g/mol. The van der Waals surface area contributed by atoms with Gasteiger partial charge in [0.1, 0.15) is 5.82 Å². The maximum Gasteiger partial charge on any atom is 0.126 e. The van der Waals surface area contributed by atoms with Crippen LogP contribution in [0.4, 0.5) is 4.39 Å². The zero-order valence-electron chi connectivity index (χ0n) is 8.47. The van der Waals surface area contributed by atoms with Crippen molar-refractivity contribution in [3.05, 3.63) is 40.2 Å². The highest BCUT2D eigenvalue weighted by Crippen LogP contribution is 2.28. The van der Waals surface area contributed by atoms with Gasteiger partial charge in [0.2, 0.25) is 0 Å². The Bertz CT molecular complexity index is 405. The van der Waals surface area contributed by atoms with Crippen LogP contribution in [0.15, 0.2) is 17.7 Å². The Kier molecular flexibility index (Phi) is 2.16. The fraction of sp³-hybridized carbons (Fsp3) is 0.333.